The lowest BCUT2D eigenvalue weighted by atomic mass is 10.2. The average Bonchev–Trinajstić information content (AvgIpc) is 3.11. The highest BCUT2D eigenvalue weighted by Gasteiger charge is 2.35. The number of rotatable bonds is 3. The van der Waals surface area contributed by atoms with Gasteiger partial charge in [-0.3, -0.25) is 4.99 Å². The molecule has 0 amide bonds. The summed E-state index contributed by atoms with van der Waals surface area (Å²) in [7, 11) is 0. The van der Waals surface area contributed by atoms with Gasteiger partial charge in [0.2, 0.25) is 0 Å². The van der Waals surface area contributed by atoms with Crippen molar-refractivity contribution in [3.8, 4) is 0 Å². The molecule has 1 saturated carbocycles. The van der Waals surface area contributed by atoms with Gasteiger partial charge in [0.05, 0.1) is 11.6 Å². The molecule has 96 valence electrons. The molecule has 1 aromatic rings. The minimum absolute atomic E-state index is 0.172. The van der Waals surface area contributed by atoms with Gasteiger partial charge in [-0.2, -0.15) is 0 Å². The lowest BCUT2D eigenvalue weighted by molar-refractivity contribution is 0.627. The molecule has 1 atom stereocenters. The van der Waals surface area contributed by atoms with E-state index in [-0.39, 0.29) is 10.8 Å². The fraction of sp³-hybridized carbons (Fsp3) is 0.462. The molecule has 1 aliphatic carbocycles. The highest BCUT2D eigenvalue weighted by molar-refractivity contribution is 8.14. The molecule has 1 unspecified atom stereocenters. The Labute approximate surface area is 115 Å². The third-order valence-corrected chi connectivity index (χ3v) is 4.88. The first-order valence-electron chi connectivity index (χ1n) is 6.11. The first-order valence-corrected chi connectivity index (χ1v) is 7.37. The molecule has 0 spiro atoms. The van der Waals surface area contributed by atoms with E-state index in [1.807, 2.05) is 11.8 Å². The van der Waals surface area contributed by atoms with Crippen molar-refractivity contribution in [2.75, 3.05) is 6.54 Å². The number of nitrogens with one attached hydrogen (secondary N) is 1. The van der Waals surface area contributed by atoms with Crippen LogP contribution in [0.5, 0.6) is 0 Å². The average molecular weight is 285 g/mol. The van der Waals surface area contributed by atoms with Crippen molar-refractivity contribution in [1.82, 2.24) is 5.32 Å². The Bertz CT molecular complexity index is 488. The van der Waals surface area contributed by atoms with Crippen LogP contribution >= 0.6 is 23.4 Å². The fourth-order valence-corrected chi connectivity index (χ4v) is 3.44. The Balaban J connectivity index is 1.53. The summed E-state index contributed by atoms with van der Waals surface area (Å²) in [6.07, 6.45) is 2.71. The van der Waals surface area contributed by atoms with E-state index in [4.69, 9.17) is 11.6 Å². The Kier molecular flexibility index (Phi) is 3.48. The quantitative estimate of drug-likeness (QED) is 0.919. The summed E-state index contributed by atoms with van der Waals surface area (Å²) >= 11 is 7.58. The van der Waals surface area contributed by atoms with Gasteiger partial charge in [-0.15, -0.1) is 0 Å². The SMILES string of the molecule is Fc1ccc(CNC2=NCC(C3CC3)S2)cc1Cl. The standard InChI is InChI=1S/C13H14ClFN2S/c14-10-5-8(1-4-11(10)15)6-16-13-17-7-12(18-13)9-2-3-9/h1,4-5,9,12H,2-3,6-7H2,(H,16,17). The molecule has 1 aliphatic heterocycles. The van der Waals surface area contributed by atoms with E-state index in [9.17, 15) is 4.39 Å². The molecule has 0 radical (unpaired) electrons. The smallest absolute Gasteiger partial charge is 0.157 e. The molecule has 1 aromatic carbocycles. The third-order valence-electron chi connectivity index (χ3n) is 3.25. The molecular formula is C13H14ClFN2S. The van der Waals surface area contributed by atoms with Gasteiger partial charge in [0.25, 0.3) is 0 Å². The van der Waals surface area contributed by atoms with E-state index in [0.29, 0.717) is 11.8 Å². The summed E-state index contributed by atoms with van der Waals surface area (Å²) in [6, 6.07) is 4.80. The summed E-state index contributed by atoms with van der Waals surface area (Å²) in [4.78, 5) is 4.49. The van der Waals surface area contributed by atoms with Gasteiger partial charge in [0.1, 0.15) is 5.82 Å². The molecule has 3 rings (SSSR count). The maximum atomic E-state index is 13.0. The number of hydrogen-bond acceptors (Lipinski definition) is 3. The van der Waals surface area contributed by atoms with Crippen LogP contribution in [0.25, 0.3) is 0 Å². The number of aliphatic imine (C=N–C) groups is 1. The molecule has 2 aliphatic rings. The van der Waals surface area contributed by atoms with E-state index in [2.05, 4.69) is 10.3 Å². The van der Waals surface area contributed by atoms with E-state index < -0.39 is 0 Å². The highest BCUT2D eigenvalue weighted by atomic mass is 35.5. The number of halogens is 2. The molecule has 1 N–H and O–H groups in total. The van der Waals surface area contributed by atoms with Crippen molar-refractivity contribution in [1.29, 1.82) is 0 Å². The molecule has 5 heteroatoms. The number of benzene rings is 1. The van der Waals surface area contributed by atoms with Crippen LogP contribution in [0.1, 0.15) is 18.4 Å². The summed E-state index contributed by atoms with van der Waals surface area (Å²) in [5.41, 5.74) is 0.972. The van der Waals surface area contributed by atoms with Crippen LogP contribution in [-0.2, 0) is 6.54 Å². The Morgan fingerprint density at radius 3 is 3.00 bits per heavy atom. The van der Waals surface area contributed by atoms with Crippen LogP contribution in [0.3, 0.4) is 0 Å². The maximum absolute atomic E-state index is 13.0. The number of amidine groups is 1. The first kappa shape index (κ1) is 12.3. The summed E-state index contributed by atoms with van der Waals surface area (Å²) in [6.45, 7) is 1.57. The van der Waals surface area contributed by atoms with Crippen molar-refractivity contribution < 1.29 is 4.39 Å². The van der Waals surface area contributed by atoms with Crippen molar-refractivity contribution in [3.05, 3.63) is 34.6 Å². The molecule has 0 saturated heterocycles. The zero-order valence-electron chi connectivity index (χ0n) is 9.83. The predicted octanol–water partition coefficient (Wildman–Crippen LogP) is 3.45. The summed E-state index contributed by atoms with van der Waals surface area (Å²) in [5.74, 6) is 0.500. The summed E-state index contributed by atoms with van der Waals surface area (Å²) < 4.78 is 13.0. The number of nitrogens with zero attached hydrogens (tertiary/aromatic N) is 1. The van der Waals surface area contributed by atoms with Crippen LogP contribution in [0.15, 0.2) is 23.2 Å². The van der Waals surface area contributed by atoms with Gasteiger partial charge in [-0.25, -0.2) is 4.39 Å². The highest BCUT2D eigenvalue weighted by Crippen LogP contribution is 2.41. The second kappa shape index (κ2) is 5.10. The van der Waals surface area contributed by atoms with Crippen LogP contribution in [0.2, 0.25) is 5.02 Å². The Hall–Kier alpha value is -0.740. The van der Waals surface area contributed by atoms with Crippen molar-refractivity contribution in [2.24, 2.45) is 10.9 Å². The van der Waals surface area contributed by atoms with Gasteiger partial charge in [0, 0.05) is 11.8 Å². The molecule has 18 heavy (non-hydrogen) atoms. The monoisotopic (exact) mass is 284 g/mol. The molecule has 1 heterocycles. The third kappa shape index (κ3) is 2.81. The normalized spacial score (nSPS) is 23.0. The minimum atomic E-state index is -0.373. The lowest BCUT2D eigenvalue weighted by Gasteiger charge is -2.08. The molecule has 1 fully saturated rings. The topological polar surface area (TPSA) is 24.4 Å². The first-order chi connectivity index (χ1) is 8.72. The van der Waals surface area contributed by atoms with E-state index in [1.165, 1.54) is 18.9 Å². The second-order valence-corrected chi connectivity index (χ2v) is 6.38. The van der Waals surface area contributed by atoms with Gasteiger partial charge in [-0.1, -0.05) is 29.4 Å². The summed E-state index contributed by atoms with van der Waals surface area (Å²) in [5, 5.41) is 5.14. The van der Waals surface area contributed by atoms with Crippen molar-refractivity contribution in [2.45, 2.75) is 24.6 Å². The van der Waals surface area contributed by atoms with Gasteiger partial charge < -0.3 is 5.32 Å². The maximum Gasteiger partial charge on any atom is 0.157 e. The predicted molar refractivity (Wildman–Crippen MR) is 74.7 cm³/mol. The van der Waals surface area contributed by atoms with E-state index >= 15 is 0 Å². The van der Waals surface area contributed by atoms with E-state index in [1.54, 1.807) is 12.1 Å². The van der Waals surface area contributed by atoms with Crippen molar-refractivity contribution in [3.63, 3.8) is 0 Å². The largest absolute Gasteiger partial charge is 0.361 e. The molecular weight excluding hydrogens is 271 g/mol. The van der Waals surface area contributed by atoms with Crippen LogP contribution in [0.4, 0.5) is 4.39 Å². The zero-order chi connectivity index (χ0) is 12.5. The van der Waals surface area contributed by atoms with Gasteiger partial charge in [0.15, 0.2) is 5.17 Å². The molecule has 0 bridgehead atoms. The minimum Gasteiger partial charge on any atom is -0.361 e. The molecule has 2 nitrogen and oxygen atoms in total. The fourth-order valence-electron chi connectivity index (χ4n) is 2.03. The lowest BCUT2D eigenvalue weighted by Crippen LogP contribution is -2.19. The van der Waals surface area contributed by atoms with Crippen LogP contribution in [0, 0.1) is 11.7 Å². The molecule has 0 aromatic heterocycles. The van der Waals surface area contributed by atoms with Crippen LogP contribution in [-0.4, -0.2) is 17.0 Å². The Morgan fingerprint density at radius 1 is 1.44 bits per heavy atom. The van der Waals surface area contributed by atoms with Gasteiger partial charge in [-0.05, 0) is 36.5 Å². The van der Waals surface area contributed by atoms with Crippen LogP contribution < -0.4 is 5.32 Å². The zero-order valence-corrected chi connectivity index (χ0v) is 11.4. The number of hydrogen-bond donors (Lipinski definition) is 1. The second-order valence-electron chi connectivity index (χ2n) is 4.74. The van der Waals surface area contributed by atoms with Gasteiger partial charge >= 0.3 is 0 Å². The van der Waals surface area contributed by atoms with E-state index in [0.717, 1.165) is 23.2 Å². The number of thioether (sulfide) groups is 1. The Morgan fingerprint density at radius 2 is 2.28 bits per heavy atom. The van der Waals surface area contributed by atoms with Crippen molar-refractivity contribution >= 4 is 28.5 Å².